The van der Waals surface area contributed by atoms with E-state index >= 15 is 0 Å². The van der Waals surface area contributed by atoms with E-state index in [4.69, 9.17) is 5.11 Å². The molecule has 0 aliphatic rings. The van der Waals surface area contributed by atoms with Gasteiger partial charge in [-0.05, 0) is 6.42 Å². The van der Waals surface area contributed by atoms with Gasteiger partial charge in [-0.25, -0.2) is 9.97 Å². The van der Waals surface area contributed by atoms with Crippen LogP contribution in [0.5, 0.6) is 0 Å². The van der Waals surface area contributed by atoms with Gasteiger partial charge < -0.3 is 10.0 Å². The molecule has 0 amide bonds. The van der Waals surface area contributed by atoms with E-state index in [2.05, 4.69) is 9.97 Å². The second-order valence-corrected chi connectivity index (χ2v) is 2.91. The van der Waals surface area contributed by atoms with Crippen LogP contribution in [0.1, 0.15) is 13.3 Å². The van der Waals surface area contributed by atoms with Crippen LogP contribution < -0.4 is 4.90 Å². The van der Waals surface area contributed by atoms with Gasteiger partial charge in [0.2, 0.25) is 5.95 Å². The number of hydrogen-bond donors (Lipinski definition) is 1. The smallest absolute Gasteiger partial charge is 0.218 e. The topological polar surface area (TPSA) is 49.2 Å². The molecule has 1 rings (SSSR count). The first-order valence-corrected chi connectivity index (χ1v) is 4.61. The summed E-state index contributed by atoms with van der Waals surface area (Å²) in [5.41, 5.74) is 0. The number of aromatic nitrogens is 2. The van der Waals surface area contributed by atoms with Gasteiger partial charge in [0.15, 0.2) is 0 Å². The van der Waals surface area contributed by atoms with Gasteiger partial charge >= 0.3 is 0 Å². The molecule has 0 radical (unpaired) electrons. The summed E-state index contributed by atoms with van der Waals surface area (Å²) < 4.78 is 12.8. The Balaban J connectivity index is 2.75. The fourth-order valence-corrected chi connectivity index (χ4v) is 1.23. The van der Waals surface area contributed by atoms with Crippen molar-refractivity contribution in [2.75, 3.05) is 24.6 Å². The van der Waals surface area contributed by atoms with Crippen molar-refractivity contribution in [3.05, 3.63) is 18.3 Å². The highest BCUT2D eigenvalue weighted by molar-refractivity contribution is 5.36. The van der Waals surface area contributed by atoms with E-state index in [0.717, 1.165) is 13.0 Å². The zero-order valence-electron chi connectivity index (χ0n) is 8.15. The SMILES string of the molecule is CCCN(CCO)c1cc(F)ncn1. The highest BCUT2D eigenvalue weighted by Crippen LogP contribution is 2.09. The van der Waals surface area contributed by atoms with Gasteiger partial charge in [0.1, 0.15) is 12.1 Å². The maximum atomic E-state index is 12.8. The number of halogens is 1. The van der Waals surface area contributed by atoms with Crippen molar-refractivity contribution in [1.82, 2.24) is 9.97 Å². The summed E-state index contributed by atoms with van der Waals surface area (Å²) in [6.07, 6.45) is 2.11. The van der Waals surface area contributed by atoms with Crippen LogP contribution in [0.3, 0.4) is 0 Å². The zero-order chi connectivity index (χ0) is 10.4. The molecule has 0 atom stereocenters. The van der Waals surface area contributed by atoms with E-state index < -0.39 is 5.95 Å². The van der Waals surface area contributed by atoms with Crippen LogP contribution in [-0.4, -0.2) is 34.8 Å². The second kappa shape index (κ2) is 5.49. The van der Waals surface area contributed by atoms with Crippen LogP contribution >= 0.6 is 0 Å². The summed E-state index contributed by atoms with van der Waals surface area (Å²) >= 11 is 0. The molecule has 0 aromatic carbocycles. The van der Waals surface area contributed by atoms with Gasteiger partial charge in [-0.2, -0.15) is 4.39 Å². The summed E-state index contributed by atoms with van der Waals surface area (Å²) in [7, 11) is 0. The van der Waals surface area contributed by atoms with Gasteiger partial charge in [0.25, 0.3) is 0 Å². The molecule has 0 spiro atoms. The van der Waals surface area contributed by atoms with Crippen LogP contribution in [-0.2, 0) is 0 Å². The lowest BCUT2D eigenvalue weighted by atomic mass is 10.4. The van der Waals surface area contributed by atoms with Gasteiger partial charge in [0, 0.05) is 19.2 Å². The van der Waals surface area contributed by atoms with E-state index in [1.807, 2.05) is 11.8 Å². The molecule has 1 N–H and O–H groups in total. The highest BCUT2D eigenvalue weighted by Gasteiger charge is 2.06. The Morgan fingerprint density at radius 3 is 2.79 bits per heavy atom. The fraction of sp³-hybridized carbons (Fsp3) is 0.556. The van der Waals surface area contributed by atoms with E-state index in [-0.39, 0.29) is 6.61 Å². The minimum atomic E-state index is -0.547. The minimum Gasteiger partial charge on any atom is -0.395 e. The Kier molecular flexibility index (Phi) is 4.25. The van der Waals surface area contributed by atoms with Gasteiger partial charge in [0.05, 0.1) is 6.61 Å². The standard InChI is InChI=1S/C9H14FN3O/c1-2-3-13(4-5-14)9-6-8(10)11-7-12-9/h6-7,14H,2-5H2,1H3. The van der Waals surface area contributed by atoms with E-state index in [1.54, 1.807) is 0 Å². The van der Waals surface area contributed by atoms with Crippen molar-refractivity contribution >= 4 is 5.82 Å². The maximum absolute atomic E-state index is 12.8. The van der Waals surface area contributed by atoms with Gasteiger partial charge in [-0.15, -0.1) is 0 Å². The molecule has 1 heterocycles. The first kappa shape index (κ1) is 10.8. The fourth-order valence-electron chi connectivity index (χ4n) is 1.23. The Bertz CT molecular complexity index is 277. The molecule has 0 unspecified atom stereocenters. The van der Waals surface area contributed by atoms with E-state index in [0.29, 0.717) is 12.4 Å². The molecular weight excluding hydrogens is 185 g/mol. The summed E-state index contributed by atoms with van der Waals surface area (Å²) in [5.74, 6) is -0.0255. The van der Waals surface area contributed by atoms with Crippen molar-refractivity contribution in [2.45, 2.75) is 13.3 Å². The average Bonchev–Trinajstić information content (AvgIpc) is 2.17. The Morgan fingerprint density at radius 1 is 1.43 bits per heavy atom. The van der Waals surface area contributed by atoms with Gasteiger partial charge in [-0.3, -0.25) is 0 Å². The molecule has 5 heteroatoms. The molecule has 1 aromatic heterocycles. The van der Waals surface area contributed by atoms with Crippen molar-refractivity contribution in [2.24, 2.45) is 0 Å². The number of nitrogens with zero attached hydrogens (tertiary/aromatic N) is 3. The monoisotopic (exact) mass is 199 g/mol. The van der Waals surface area contributed by atoms with E-state index in [9.17, 15) is 4.39 Å². The molecule has 0 saturated carbocycles. The first-order valence-electron chi connectivity index (χ1n) is 4.61. The van der Waals surface area contributed by atoms with Crippen molar-refractivity contribution in [3.63, 3.8) is 0 Å². The molecule has 0 fully saturated rings. The third-order valence-corrected chi connectivity index (χ3v) is 1.81. The van der Waals surface area contributed by atoms with Crippen molar-refractivity contribution < 1.29 is 9.50 Å². The Morgan fingerprint density at radius 2 is 2.21 bits per heavy atom. The third-order valence-electron chi connectivity index (χ3n) is 1.81. The summed E-state index contributed by atoms with van der Waals surface area (Å²) in [6.45, 7) is 3.26. The molecule has 0 aliphatic carbocycles. The van der Waals surface area contributed by atoms with Crippen LogP contribution in [0.4, 0.5) is 10.2 Å². The second-order valence-electron chi connectivity index (χ2n) is 2.91. The summed E-state index contributed by atoms with van der Waals surface area (Å²) in [4.78, 5) is 9.14. The molecule has 0 saturated heterocycles. The molecule has 78 valence electrons. The average molecular weight is 199 g/mol. The maximum Gasteiger partial charge on any atom is 0.218 e. The number of anilines is 1. The lowest BCUT2D eigenvalue weighted by Crippen LogP contribution is -2.28. The molecular formula is C9H14FN3O. The Labute approximate surface area is 82.4 Å². The molecule has 1 aromatic rings. The molecule has 0 aliphatic heterocycles. The largest absolute Gasteiger partial charge is 0.395 e. The number of rotatable bonds is 5. The third kappa shape index (κ3) is 2.92. The number of hydrogen-bond acceptors (Lipinski definition) is 4. The summed E-state index contributed by atoms with van der Waals surface area (Å²) in [5, 5.41) is 8.82. The van der Waals surface area contributed by atoms with Crippen molar-refractivity contribution in [1.29, 1.82) is 0 Å². The lowest BCUT2D eigenvalue weighted by Gasteiger charge is -2.21. The molecule has 0 bridgehead atoms. The normalized spacial score (nSPS) is 10.2. The number of aliphatic hydroxyl groups is 1. The predicted molar refractivity (Wildman–Crippen MR) is 51.6 cm³/mol. The minimum absolute atomic E-state index is 0.0334. The quantitative estimate of drug-likeness (QED) is 0.713. The Hall–Kier alpha value is -1.23. The summed E-state index contributed by atoms with van der Waals surface area (Å²) in [6, 6.07) is 1.27. The molecule has 14 heavy (non-hydrogen) atoms. The molecule has 4 nitrogen and oxygen atoms in total. The van der Waals surface area contributed by atoms with Crippen LogP contribution in [0, 0.1) is 5.95 Å². The first-order chi connectivity index (χ1) is 6.77. The number of aliphatic hydroxyl groups excluding tert-OH is 1. The highest BCUT2D eigenvalue weighted by atomic mass is 19.1. The van der Waals surface area contributed by atoms with Crippen LogP contribution in [0.2, 0.25) is 0 Å². The van der Waals surface area contributed by atoms with Crippen molar-refractivity contribution in [3.8, 4) is 0 Å². The lowest BCUT2D eigenvalue weighted by molar-refractivity contribution is 0.301. The van der Waals surface area contributed by atoms with Crippen LogP contribution in [0.15, 0.2) is 12.4 Å². The van der Waals surface area contributed by atoms with Crippen LogP contribution in [0.25, 0.3) is 0 Å². The van der Waals surface area contributed by atoms with E-state index in [1.165, 1.54) is 12.4 Å². The predicted octanol–water partition coefficient (Wildman–Crippen LogP) is 0.824. The zero-order valence-corrected chi connectivity index (χ0v) is 8.15. The van der Waals surface area contributed by atoms with Gasteiger partial charge in [-0.1, -0.05) is 6.92 Å².